The van der Waals surface area contributed by atoms with Crippen molar-refractivity contribution in [3.63, 3.8) is 0 Å². The van der Waals surface area contributed by atoms with E-state index in [4.69, 9.17) is 11.6 Å². The fourth-order valence-electron chi connectivity index (χ4n) is 1.71. The van der Waals surface area contributed by atoms with Gasteiger partial charge in [0.05, 0.1) is 9.95 Å². The van der Waals surface area contributed by atoms with Crippen LogP contribution in [0.4, 0.5) is 20.2 Å². The van der Waals surface area contributed by atoms with Crippen molar-refractivity contribution in [3.05, 3.63) is 63.2 Å². The van der Waals surface area contributed by atoms with Crippen molar-refractivity contribution in [1.82, 2.24) is 0 Å². The van der Waals surface area contributed by atoms with Crippen LogP contribution in [0.5, 0.6) is 5.75 Å². The molecule has 1 amide bonds. The minimum Gasteiger partial charge on any atom is -0.433 e. The number of nitro groups is 1. The van der Waals surface area contributed by atoms with E-state index in [0.717, 1.165) is 0 Å². The second kappa shape index (κ2) is 7.01. The lowest BCUT2D eigenvalue weighted by Gasteiger charge is -2.09. The Morgan fingerprint density at radius 1 is 1.22 bits per heavy atom. The quantitative estimate of drug-likeness (QED) is 0.655. The Labute approximate surface area is 133 Å². The van der Waals surface area contributed by atoms with Gasteiger partial charge in [-0.2, -0.15) is 8.78 Å². The van der Waals surface area contributed by atoms with Crippen LogP contribution < -0.4 is 10.1 Å². The predicted octanol–water partition coefficient (Wildman–Crippen LogP) is 4.10. The zero-order valence-electron chi connectivity index (χ0n) is 11.3. The molecule has 0 spiro atoms. The van der Waals surface area contributed by atoms with Crippen LogP contribution in [0, 0.1) is 10.1 Å². The first-order valence-electron chi connectivity index (χ1n) is 6.17. The highest BCUT2D eigenvalue weighted by Gasteiger charge is 2.12. The Kier molecular flexibility index (Phi) is 5.07. The van der Waals surface area contributed by atoms with Gasteiger partial charge in [-0.25, -0.2) is 0 Å². The molecule has 6 nitrogen and oxygen atoms in total. The Morgan fingerprint density at radius 3 is 2.39 bits per heavy atom. The molecule has 0 saturated carbocycles. The number of nitro benzene ring substituents is 1. The first-order chi connectivity index (χ1) is 10.9. The molecule has 0 aliphatic heterocycles. The molecule has 0 unspecified atom stereocenters. The molecule has 9 heteroatoms. The molecule has 0 fully saturated rings. The van der Waals surface area contributed by atoms with Crippen LogP contribution in [0.3, 0.4) is 0 Å². The third kappa shape index (κ3) is 4.36. The maximum absolute atomic E-state index is 12.1. The number of nitrogens with one attached hydrogen (secondary N) is 1. The Hall–Kier alpha value is -2.74. The molecule has 0 atom stereocenters. The topological polar surface area (TPSA) is 81.5 Å². The van der Waals surface area contributed by atoms with Crippen molar-refractivity contribution < 1.29 is 23.2 Å². The number of rotatable bonds is 5. The van der Waals surface area contributed by atoms with Gasteiger partial charge in [0.15, 0.2) is 0 Å². The van der Waals surface area contributed by atoms with Crippen LogP contribution in [0.1, 0.15) is 10.4 Å². The average Bonchev–Trinajstić information content (AvgIpc) is 2.49. The van der Waals surface area contributed by atoms with E-state index in [0.29, 0.717) is 0 Å². The third-order valence-corrected chi connectivity index (χ3v) is 3.04. The number of alkyl halides is 2. The predicted molar refractivity (Wildman–Crippen MR) is 79.1 cm³/mol. The highest BCUT2D eigenvalue weighted by Crippen LogP contribution is 2.29. The molecule has 0 aliphatic carbocycles. The van der Waals surface area contributed by atoms with Gasteiger partial charge >= 0.3 is 6.61 Å². The number of anilines is 1. The first kappa shape index (κ1) is 16.6. The fourth-order valence-corrected chi connectivity index (χ4v) is 1.93. The molecule has 0 aromatic heterocycles. The van der Waals surface area contributed by atoms with Crippen molar-refractivity contribution in [3.8, 4) is 5.75 Å². The zero-order valence-corrected chi connectivity index (χ0v) is 12.1. The highest BCUT2D eigenvalue weighted by molar-refractivity contribution is 6.32. The molecule has 2 rings (SSSR count). The minimum absolute atomic E-state index is 0.0909. The molecule has 2 aromatic rings. The standard InChI is InChI=1S/C14H9ClF2N2O4/c15-11-7-9(3-6-12(11)23-14(16)17)18-13(20)8-1-4-10(5-2-8)19(21)22/h1-7,14H,(H,18,20). The van der Waals surface area contributed by atoms with E-state index in [1.54, 1.807) is 0 Å². The summed E-state index contributed by atoms with van der Waals surface area (Å²) in [6, 6.07) is 8.77. The molecule has 0 bridgehead atoms. The molecular weight excluding hydrogens is 334 g/mol. The summed E-state index contributed by atoms with van der Waals surface area (Å²) in [5, 5.41) is 12.9. The number of non-ortho nitro benzene ring substituents is 1. The lowest BCUT2D eigenvalue weighted by atomic mass is 10.2. The summed E-state index contributed by atoms with van der Waals surface area (Å²) in [4.78, 5) is 22.0. The van der Waals surface area contributed by atoms with Gasteiger partial charge in [0, 0.05) is 23.4 Å². The maximum atomic E-state index is 12.1. The Bertz CT molecular complexity index is 738. The minimum atomic E-state index is -3.01. The van der Waals surface area contributed by atoms with Crippen molar-refractivity contribution in [2.24, 2.45) is 0 Å². The number of halogens is 3. The van der Waals surface area contributed by atoms with Gasteiger partial charge in [0.2, 0.25) is 0 Å². The molecule has 1 N–H and O–H groups in total. The summed E-state index contributed by atoms with van der Waals surface area (Å²) in [7, 11) is 0. The zero-order chi connectivity index (χ0) is 17.0. The van der Waals surface area contributed by atoms with Gasteiger partial charge in [0.1, 0.15) is 5.75 Å². The van der Waals surface area contributed by atoms with Gasteiger partial charge in [-0.15, -0.1) is 0 Å². The van der Waals surface area contributed by atoms with E-state index in [9.17, 15) is 23.7 Å². The summed E-state index contributed by atoms with van der Waals surface area (Å²) in [6.07, 6.45) is 0. The summed E-state index contributed by atoms with van der Waals surface area (Å²) >= 11 is 5.77. The lowest BCUT2D eigenvalue weighted by molar-refractivity contribution is -0.384. The summed E-state index contributed by atoms with van der Waals surface area (Å²) in [6.45, 7) is -3.01. The second-order valence-electron chi connectivity index (χ2n) is 4.28. The van der Waals surface area contributed by atoms with Crippen LogP contribution >= 0.6 is 11.6 Å². The van der Waals surface area contributed by atoms with Crippen LogP contribution in [0.15, 0.2) is 42.5 Å². The number of benzene rings is 2. The molecule has 0 heterocycles. The molecule has 0 aliphatic rings. The molecular formula is C14H9ClF2N2O4. The lowest BCUT2D eigenvalue weighted by Crippen LogP contribution is -2.12. The Morgan fingerprint density at radius 2 is 1.87 bits per heavy atom. The number of amides is 1. The molecule has 23 heavy (non-hydrogen) atoms. The molecule has 2 aromatic carbocycles. The van der Waals surface area contributed by atoms with Gasteiger partial charge in [-0.05, 0) is 30.3 Å². The number of hydrogen-bond donors (Lipinski definition) is 1. The van der Waals surface area contributed by atoms with Gasteiger partial charge in [-0.3, -0.25) is 14.9 Å². The van der Waals surface area contributed by atoms with Crippen LogP contribution in [-0.2, 0) is 0 Å². The van der Waals surface area contributed by atoms with E-state index < -0.39 is 17.4 Å². The summed E-state index contributed by atoms with van der Waals surface area (Å²) in [5.74, 6) is -0.742. The second-order valence-corrected chi connectivity index (χ2v) is 4.69. The Balaban J connectivity index is 2.10. The normalized spacial score (nSPS) is 10.4. The number of ether oxygens (including phenoxy) is 1. The van der Waals surface area contributed by atoms with Crippen molar-refractivity contribution in [1.29, 1.82) is 0 Å². The van der Waals surface area contributed by atoms with E-state index >= 15 is 0 Å². The molecule has 0 radical (unpaired) electrons. The molecule has 120 valence electrons. The van der Waals surface area contributed by atoms with Crippen molar-refractivity contribution in [2.75, 3.05) is 5.32 Å². The van der Waals surface area contributed by atoms with Gasteiger partial charge in [0.25, 0.3) is 11.6 Å². The number of carbonyl (C=O) groups is 1. The average molecular weight is 343 g/mol. The monoisotopic (exact) mass is 342 g/mol. The van der Waals surface area contributed by atoms with Gasteiger partial charge in [-0.1, -0.05) is 11.6 Å². The molecule has 0 saturated heterocycles. The van der Waals surface area contributed by atoms with Crippen LogP contribution in [0.2, 0.25) is 5.02 Å². The summed E-state index contributed by atoms with van der Waals surface area (Å²) in [5.41, 5.74) is 0.317. The van der Waals surface area contributed by atoms with Crippen LogP contribution in [0.25, 0.3) is 0 Å². The van der Waals surface area contributed by atoms with E-state index in [2.05, 4.69) is 10.1 Å². The van der Waals surface area contributed by atoms with E-state index in [-0.39, 0.29) is 27.7 Å². The number of nitrogens with zero attached hydrogens (tertiary/aromatic N) is 1. The van der Waals surface area contributed by atoms with Crippen molar-refractivity contribution >= 4 is 28.9 Å². The largest absolute Gasteiger partial charge is 0.433 e. The van der Waals surface area contributed by atoms with E-state index in [1.165, 1.54) is 42.5 Å². The van der Waals surface area contributed by atoms with E-state index in [1.807, 2.05) is 0 Å². The fraction of sp³-hybridized carbons (Fsp3) is 0.0714. The maximum Gasteiger partial charge on any atom is 0.387 e. The number of hydrogen-bond acceptors (Lipinski definition) is 4. The third-order valence-electron chi connectivity index (χ3n) is 2.75. The SMILES string of the molecule is O=C(Nc1ccc(OC(F)F)c(Cl)c1)c1ccc([N+](=O)[O-])cc1. The van der Waals surface area contributed by atoms with Crippen molar-refractivity contribution in [2.45, 2.75) is 6.61 Å². The van der Waals surface area contributed by atoms with Crippen LogP contribution in [-0.4, -0.2) is 17.4 Å². The van der Waals surface area contributed by atoms with Gasteiger partial charge < -0.3 is 10.1 Å². The first-order valence-corrected chi connectivity index (χ1v) is 6.55. The smallest absolute Gasteiger partial charge is 0.387 e. The summed E-state index contributed by atoms with van der Waals surface area (Å²) < 4.78 is 28.4. The highest BCUT2D eigenvalue weighted by atomic mass is 35.5. The number of carbonyl (C=O) groups excluding carboxylic acids is 1.